The van der Waals surface area contributed by atoms with Crippen LogP contribution in [0.2, 0.25) is 0 Å². The van der Waals surface area contributed by atoms with Gasteiger partial charge in [0.25, 0.3) is 10.1 Å². The van der Waals surface area contributed by atoms with Crippen LogP contribution in [0.1, 0.15) is 85.0 Å². The van der Waals surface area contributed by atoms with E-state index in [9.17, 15) is 8.42 Å². The summed E-state index contributed by atoms with van der Waals surface area (Å²) in [7, 11) is -3.39. The monoisotopic (exact) mass is 307 g/mol. The second-order valence-corrected chi connectivity index (χ2v) is 7.17. The van der Waals surface area contributed by atoms with Gasteiger partial charge in [0.1, 0.15) is 0 Å². The van der Waals surface area contributed by atoms with Gasteiger partial charge in [-0.1, -0.05) is 65.7 Å². The van der Waals surface area contributed by atoms with Gasteiger partial charge in [0.15, 0.2) is 0 Å². The third-order valence-electron chi connectivity index (χ3n) is 3.44. The zero-order valence-corrected chi connectivity index (χ0v) is 14.3. The average molecular weight is 308 g/mol. The number of hydrogen-bond donors (Lipinski definition) is 1. The van der Waals surface area contributed by atoms with Crippen molar-refractivity contribution in [1.29, 1.82) is 0 Å². The molecule has 4 nitrogen and oxygen atoms in total. The summed E-state index contributed by atoms with van der Waals surface area (Å²) in [5, 5.41) is 0. The van der Waals surface area contributed by atoms with E-state index in [2.05, 4.69) is 19.3 Å². The van der Waals surface area contributed by atoms with Crippen LogP contribution in [0, 0.1) is 0 Å². The van der Waals surface area contributed by atoms with Gasteiger partial charge < -0.3 is 0 Å². The van der Waals surface area contributed by atoms with Crippen molar-refractivity contribution >= 4 is 10.1 Å². The van der Waals surface area contributed by atoms with Crippen molar-refractivity contribution < 1.29 is 12.7 Å². The predicted octanol–water partition coefficient (Wildman–Crippen LogP) is 4.17. The molecule has 0 aromatic rings. The highest BCUT2D eigenvalue weighted by Crippen LogP contribution is 2.11. The van der Waals surface area contributed by atoms with E-state index in [4.69, 9.17) is 4.28 Å². The summed E-state index contributed by atoms with van der Waals surface area (Å²) < 4.78 is 27.7. The zero-order chi connectivity index (χ0) is 15.3. The molecule has 0 radical (unpaired) electrons. The maximum absolute atomic E-state index is 11.4. The van der Waals surface area contributed by atoms with E-state index in [-0.39, 0.29) is 11.8 Å². The van der Waals surface area contributed by atoms with Crippen molar-refractivity contribution in [3.05, 3.63) is 0 Å². The third-order valence-corrected chi connectivity index (χ3v) is 4.70. The number of unbranched alkanes of at least 4 members (excludes halogenated alkanes) is 6. The number of hydroxylamine groups is 1. The maximum Gasteiger partial charge on any atom is 0.283 e. The molecule has 0 saturated carbocycles. The second kappa shape index (κ2) is 12.6. The van der Waals surface area contributed by atoms with Crippen LogP contribution in [0.5, 0.6) is 0 Å². The Morgan fingerprint density at radius 2 is 1.50 bits per heavy atom. The van der Waals surface area contributed by atoms with Gasteiger partial charge in [-0.05, 0) is 19.3 Å². The summed E-state index contributed by atoms with van der Waals surface area (Å²) in [6.07, 6.45) is 11.4. The van der Waals surface area contributed by atoms with Gasteiger partial charge in [-0.3, -0.25) is 0 Å². The Hall–Kier alpha value is -0.130. The summed E-state index contributed by atoms with van der Waals surface area (Å²) in [6.45, 7) is 6.11. The van der Waals surface area contributed by atoms with Gasteiger partial charge in [-0.25, -0.2) is 0 Å². The lowest BCUT2D eigenvalue weighted by Gasteiger charge is -2.16. The lowest BCUT2D eigenvalue weighted by molar-refractivity contribution is 0.153. The minimum Gasteiger partial charge on any atom is -0.198 e. The smallest absolute Gasteiger partial charge is 0.198 e. The molecule has 5 heteroatoms. The average Bonchev–Trinajstić information content (AvgIpc) is 2.41. The Balaban J connectivity index is 3.66. The SMILES string of the molecule is CCCCCCCCCC(CC)NOS(=O)(=O)CCC. The first kappa shape index (κ1) is 19.9. The highest BCUT2D eigenvalue weighted by atomic mass is 32.2. The van der Waals surface area contributed by atoms with Crippen LogP contribution in [0.4, 0.5) is 0 Å². The van der Waals surface area contributed by atoms with E-state index >= 15 is 0 Å². The van der Waals surface area contributed by atoms with Crippen LogP contribution in [0.3, 0.4) is 0 Å². The molecule has 0 spiro atoms. The minimum atomic E-state index is -3.39. The predicted molar refractivity (Wildman–Crippen MR) is 85.0 cm³/mol. The zero-order valence-electron chi connectivity index (χ0n) is 13.5. The molecule has 0 fully saturated rings. The Labute approximate surface area is 125 Å². The molecule has 1 unspecified atom stereocenters. The standard InChI is InChI=1S/C15H33NO3S/c1-4-7-8-9-10-11-12-13-15(6-3)16-19-20(17,18)14-5-2/h15-16H,4-14H2,1-3H3. The van der Waals surface area contributed by atoms with Gasteiger partial charge in [-0.2, -0.15) is 18.2 Å². The Kier molecular flexibility index (Phi) is 12.5. The van der Waals surface area contributed by atoms with Gasteiger partial charge in [0, 0.05) is 6.04 Å². The van der Waals surface area contributed by atoms with Gasteiger partial charge in [0.2, 0.25) is 0 Å². The fourth-order valence-electron chi connectivity index (χ4n) is 2.13. The summed E-state index contributed by atoms with van der Waals surface area (Å²) in [4.78, 5) is 0. The van der Waals surface area contributed by atoms with Gasteiger partial charge in [-0.15, -0.1) is 0 Å². The molecule has 0 amide bonds. The Bertz CT molecular complexity index is 304. The molecular formula is C15H33NO3S. The van der Waals surface area contributed by atoms with E-state index in [0.29, 0.717) is 6.42 Å². The fraction of sp³-hybridized carbons (Fsp3) is 1.00. The molecule has 0 aliphatic rings. The normalized spacial score (nSPS) is 13.6. The quantitative estimate of drug-likeness (QED) is 0.386. The number of nitrogens with one attached hydrogen (secondary N) is 1. The molecule has 0 rings (SSSR count). The first-order valence-electron chi connectivity index (χ1n) is 8.22. The summed E-state index contributed by atoms with van der Waals surface area (Å²) in [5.74, 6) is 0.0772. The highest BCUT2D eigenvalue weighted by Gasteiger charge is 2.13. The van der Waals surface area contributed by atoms with Gasteiger partial charge >= 0.3 is 0 Å². The van der Waals surface area contributed by atoms with Crippen LogP contribution in [-0.2, 0) is 14.4 Å². The maximum atomic E-state index is 11.4. The second-order valence-electron chi connectivity index (χ2n) is 5.48. The largest absolute Gasteiger partial charge is 0.283 e. The molecular weight excluding hydrogens is 274 g/mol. The molecule has 0 aliphatic heterocycles. The van der Waals surface area contributed by atoms with Crippen LogP contribution < -0.4 is 5.48 Å². The summed E-state index contributed by atoms with van der Waals surface area (Å²) in [6, 6.07) is 0.136. The minimum absolute atomic E-state index is 0.0772. The molecule has 0 saturated heterocycles. The van der Waals surface area contributed by atoms with Crippen LogP contribution in [0.25, 0.3) is 0 Å². The van der Waals surface area contributed by atoms with Crippen molar-refractivity contribution in [2.24, 2.45) is 0 Å². The van der Waals surface area contributed by atoms with Crippen molar-refractivity contribution in [2.75, 3.05) is 5.75 Å². The Morgan fingerprint density at radius 1 is 0.900 bits per heavy atom. The Morgan fingerprint density at radius 3 is 2.05 bits per heavy atom. The molecule has 1 atom stereocenters. The summed E-state index contributed by atoms with van der Waals surface area (Å²) in [5.41, 5.74) is 2.72. The van der Waals surface area contributed by atoms with Crippen molar-refractivity contribution in [3.63, 3.8) is 0 Å². The third kappa shape index (κ3) is 11.7. The van der Waals surface area contributed by atoms with E-state index in [1.54, 1.807) is 0 Å². The summed E-state index contributed by atoms with van der Waals surface area (Å²) >= 11 is 0. The first-order chi connectivity index (χ1) is 9.55. The van der Waals surface area contributed by atoms with Crippen molar-refractivity contribution in [3.8, 4) is 0 Å². The fourth-order valence-corrected chi connectivity index (χ4v) is 2.99. The molecule has 0 heterocycles. The molecule has 122 valence electrons. The molecule has 0 bridgehead atoms. The van der Waals surface area contributed by atoms with E-state index in [0.717, 1.165) is 19.3 Å². The van der Waals surface area contributed by atoms with Crippen LogP contribution in [-0.4, -0.2) is 20.2 Å². The lowest BCUT2D eigenvalue weighted by Crippen LogP contribution is -2.32. The van der Waals surface area contributed by atoms with Gasteiger partial charge in [0.05, 0.1) is 5.75 Å². The first-order valence-corrected chi connectivity index (χ1v) is 9.80. The van der Waals surface area contributed by atoms with E-state index in [1.807, 2.05) is 6.92 Å². The highest BCUT2D eigenvalue weighted by molar-refractivity contribution is 7.86. The molecule has 0 aliphatic carbocycles. The molecule has 20 heavy (non-hydrogen) atoms. The number of rotatable bonds is 14. The number of hydrogen-bond acceptors (Lipinski definition) is 4. The van der Waals surface area contributed by atoms with E-state index < -0.39 is 10.1 Å². The molecule has 0 aromatic carbocycles. The van der Waals surface area contributed by atoms with Crippen LogP contribution >= 0.6 is 0 Å². The van der Waals surface area contributed by atoms with Crippen molar-refractivity contribution in [2.45, 2.75) is 91.0 Å². The van der Waals surface area contributed by atoms with Crippen molar-refractivity contribution in [1.82, 2.24) is 5.48 Å². The molecule has 1 N–H and O–H groups in total. The van der Waals surface area contributed by atoms with Crippen LogP contribution in [0.15, 0.2) is 0 Å². The lowest BCUT2D eigenvalue weighted by atomic mass is 10.0. The van der Waals surface area contributed by atoms with E-state index in [1.165, 1.54) is 38.5 Å². The molecule has 0 aromatic heterocycles. The topological polar surface area (TPSA) is 55.4 Å².